The van der Waals surface area contributed by atoms with Gasteiger partial charge in [-0.15, -0.1) is 0 Å². The third kappa shape index (κ3) is 7.55. The quantitative estimate of drug-likeness (QED) is 0.711. The SMILES string of the molecule is CCOC(=O)N(C)C.Cc1ccccc1. The Balaban J connectivity index is 0.000000262. The van der Waals surface area contributed by atoms with Crippen molar-refractivity contribution in [3.05, 3.63) is 35.9 Å². The molecule has 0 atom stereocenters. The summed E-state index contributed by atoms with van der Waals surface area (Å²) in [5.41, 5.74) is 1.32. The van der Waals surface area contributed by atoms with E-state index in [2.05, 4.69) is 23.8 Å². The molecule has 0 spiro atoms. The van der Waals surface area contributed by atoms with E-state index in [0.29, 0.717) is 6.61 Å². The van der Waals surface area contributed by atoms with Gasteiger partial charge in [0, 0.05) is 14.1 Å². The highest BCUT2D eigenvalue weighted by molar-refractivity contribution is 5.66. The Morgan fingerprint density at radius 3 is 2.00 bits per heavy atom. The van der Waals surface area contributed by atoms with Gasteiger partial charge >= 0.3 is 6.09 Å². The van der Waals surface area contributed by atoms with Crippen molar-refractivity contribution in [1.29, 1.82) is 0 Å². The van der Waals surface area contributed by atoms with Gasteiger partial charge in [0.15, 0.2) is 0 Å². The van der Waals surface area contributed by atoms with Gasteiger partial charge in [0.05, 0.1) is 6.61 Å². The molecular weight excluding hydrogens is 190 g/mol. The number of rotatable bonds is 1. The third-order valence-electron chi connectivity index (χ3n) is 1.57. The number of aryl methyl sites for hydroxylation is 1. The summed E-state index contributed by atoms with van der Waals surface area (Å²) in [6.45, 7) is 4.30. The Hall–Kier alpha value is -1.51. The van der Waals surface area contributed by atoms with Crippen LogP contribution in [0.4, 0.5) is 4.79 Å². The van der Waals surface area contributed by atoms with Crippen molar-refractivity contribution in [1.82, 2.24) is 4.90 Å². The molecule has 1 aromatic rings. The lowest BCUT2D eigenvalue weighted by atomic mass is 10.2. The van der Waals surface area contributed by atoms with E-state index in [4.69, 9.17) is 0 Å². The van der Waals surface area contributed by atoms with Gasteiger partial charge in [0.1, 0.15) is 0 Å². The maximum absolute atomic E-state index is 10.4. The number of carbonyl (C=O) groups is 1. The Kier molecular flexibility index (Phi) is 7.06. The van der Waals surface area contributed by atoms with Crippen LogP contribution in [0, 0.1) is 6.92 Å². The molecule has 1 aromatic carbocycles. The van der Waals surface area contributed by atoms with E-state index in [1.807, 2.05) is 18.2 Å². The van der Waals surface area contributed by atoms with Gasteiger partial charge in [0.25, 0.3) is 0 Å². The first-order valence-corrected chi connectivity index (χ1v) is 4.93. The van der Waals surface area contributed by atoms with Crippen LogP contribution in [0.1, 0.15) is 12.5 Å². The lowest BCUT2D eigenvalue weighted by molar-refractivity contribution is 0.124. The van der Waals surface area contributed by atoms with Crippen LogP contribution >= 0.6 is 0 Å². The lowest BCUT2D eigenvalue weighted by Crippen LogP contribution is -2.22. The van der Waals surface area contributed by atoms with Gasteiger partial charge < -0.3 is 9.64 Å². The first-order chi connectivity index (χ1) is 7.07. The highest BCUT2D eigenvalue weighted by Crippen LogP contribution is 1.92. The molecule has 0 bridgehead atoms. The van der Waals surface area contributed by atoms with Crippen molar-refractivity contribution in [3.8, 4) is 0 Å². The molecule has 15 heavy (non-hydrogen) atoms. The summed E-state index contributed by atoms with van der Waals surface area (Å²) < 4.78 is 4.59. The zero-order valence-electron chi connectivity index (χ0n) is 9.86. The molecule has 0 unspecified atom stereocenters. The van der Waals surface area contributed by atoms with Gasteiger partial charge in [-0.05, 0) is 13.8 Å². The fraction of sp³-hybridized carbons (Fsp3) is 0.417. The number of carbonyl (C=O) groups excluding carboxylic acids is 1. The van der Waals surface area contributed by atoms with E-state index >= 15 is 0 Å². The van der Waals surface area contributed by atoms with Crippen molar-refractivity contribution < 1.29 is 9.53 Å². The minimum Gasteiger partial charge on any atom is -0.450 e. The van der Waals surface area contributed by atoms with Gasteiger partial charge in [-0.1, -0.05) is 35.9 Å². The standard InChI is InChI=1S/C7H8.C5H11NO2/c1-7-5-3-2-4-6-7;1-4-8-5(7)6(2)3/h2-6H,1H3;4H2,1-3H3. The maximum Gasteiger partial charge on any atom is 0.409 e. The molecule has 84 valence electrons. The molecule has 0 aromatic heterocycles. The minimum absolute atomic E-state index is 0.285. The molecule has 0 aliphatic carbocycles. The van der Waals surface area contributed by atoms with Crippen molar-refractivity contribution >= 4 is 6.09 Å². The van der Waals surface area contributed by atoms with E-state index in [1.165, 1.54) is 10.5 Å². The van der Waals surface area contributed by atoms with Crippen LogP contribution in [-0.2, 0) is 4.74 Å². The summed E-state index contributed by atoms with van der Waals surface area (Å²) in [7, 11) is 3.30. The third-order valence-corrected chi connectivity index (χ3v) is 1.57. The van der Waals surface area contributed by atoms with Crippen molar-refractivity contribution in [3.63, 3.8) is 0 Å². The van der Waals surface area contributed by atoms with E-state index < -0.39 is 0 Å². The summed E-state index contributed by atoms with van der Waals surface area (Å²) in [6.07, 6.45) is -0.285. The number of hydrogen-bond donors (Lipinski definition) is 0. The first kappa shape index (κ1) is 13.5. The van der Waals surface area contributed by atoms with Crippen LogP contribution in [-0.4, -0.2) is 31.7 Å². The minimum atomic E-state index is -0.285. The molecule has 0 heterocycles. The average Bonchev–Trinajstić information content (AvgIpc) is 2.20. The van der Waals surface area contributed by atoms with Crippen LogP contribution < -0.4 is 0 Å². The normalized spacial score (nSPS) is 8.53. The molecule has 0 saturated carbocycles. The van der Waals surface area contributed by atoms with Crippen LogP contribution in [0.15, 0.2) is 30.3 Å². The summed E-state index contributed by atoms with van der Waals surface area (Å²) in [5, 5.41) is 0. The molecule has 0 fully saturated rings. The predicted octanol–water partition coefficient (Wildman–Crippen LogP) is 2.70. The van der Waals surface area contributed by atoms with E-state index in [-0.39, 0.29) is 6.09 Å². The Labute approximate surface area is 91.7 Å². The second kappa shape index (κ2) is 7.85. The van der Waals surface area contributed by atoms with Crippen LogP contribution in [0.25, 0.3) is 0 Å². The molecule has 3 heteroatoms. The van der Waals surface area contributed by atoms with E-state index in [9.17, 15) is 4.79 Å². The summed E-state index contributed by atoms with van der Waals surface area (Å²) in [4.78, 5) is 11.8. The Morgan fingerprint density at radius 1 is 1.27 bits per heavy atom. The van der Waals surface area contributed by atoms with Crippen molar-refractivity contribution in [2.45, 2.75) is 13.8 Å². The smallest absolute Gasteiger partial charge is 0.409 e. The molecule has 1 rings (SSSR count). The van der Waals surface area contributed by atoms with E-state index in [0.717, 1.165) is 0 Å². The summed E-state index contributed by atoms with van der Waals surface area (Å²) in [6, 6.07) is 10.3. The molecule has 0 aliphatic heterocycles. The lowest BCUT2D eigenvalue weighted by Gasteiger charge is -2.07. The second-order valence-corrected chi connectivity index (χ2v) is 3.25. The first-order valence-electron chi connectivity index (χ1n) is 4.93. The average molecular weight is 209 g/mol. The molecule has 0 N–H and O–H groups in total. The Morgan fingerprint density at radius 2 is 1.80 bits per heavy atom. The summed E-state index contributed by atoms with van der Waals surface area (Å²) in [5.74, 6) is 0. The number of benzene rings is 1. The van der Waals surface area contributed by atoms with Crippen molar-refractivity contribution in [2.24, 2.45) is 0 Å². The number of nitrogens with zero attached hydrogens (tertiary/aromatic N) is 1. The predicted molar refractivity (Wildman–Crippen MR) is 61.9 cm³/mol. The fourth-order valence-corrected chi connectivity index (χ4v) is 0.787. The van der Waals surface area contributed by atoms with Gasteiger partial charge in [0.2, 0.25) is 0 Å². The monoisotopic (exact) mass is 209 g/mol. The van der Waals surface area contributed by atoms with Gasteiger partial charge in [-0.3, -0.25) is 0 Å². The van der Waals surface area contributed by atoms with Crippen LogP contribution in [0.5, 0.6) is 0 Å². The Bertz CT molecular complexity index is 270. The highest BCUT2D eigenvalue weighted by Gasteiger charge is 1.99. The molecular formula is C12H19NO2. The number of hydrogen-bond acceptors (Lipinski definition) is 2. The molecule has 1 amide bonds. The molecule has 3 nitrogen and oxygen atoms in total. The van der Waals surface area contributed by atoms with Crippen LogP contribution in [0.3, 0.4) is 0 Å². The molecule has 0 saturated heterocycles. The molecule has 0 radical (unpaired) electrons. The maximum atomic E-state index is 10.4. The van der Waals surface area contributed by atoms with Gasteiger partial charge in [-0.25, -0.2) is 4.79 Å². The zero-order chi connectivity index (χ0) is 11.7. The van der Waals surface area contributed by atoms with E-state index in [1.54, 1.807) is 21.0 Å². The van der Waals surface area contributed by atoms with Gasteiger partial charge in [-0.2, -0.15) is 0 Å². The topological polar surface area (TPSA) is 29.5 Å². The molecule has 0 aliphatic rings. The highest BCUT2D eigenvalue weighted by atomic mass is 16.5. The zero-order valence-corrected chi connectivity index (χ0v) is 9.86. The summed E-state index contributed by atoms with van der Waals surface area (Å²) >= 11 is 0. The number of ether oxygens (including phenoxy) is 1. The second-order valence-electron chi connectivity index (χ2n) is 3.25. The fourth-order valence-electron chi connectivity index (χ4n) is 0.787. The number of amides is 1. The van der Waals surface area contributed by atoms with Crippen molar-refractivity contribution in [2.75, 3.05) is 20.7 Å². The largest absolute Gasteiger partial charge is 0.450 e. The van der Waals surface area contributed by atoms with Crippen LogP contribution in [0.2, 0.25) is 0 Å².